The van der Waals surface area contributed by atoms with Crippen LogP contribution in [0.5, 0.6) is 5.75 Å². The van der Waals surface area contributed by atoms with Gasteiger partial charge in [-0.3, -0.25) is 0 Å². The molecule has 0 bridgehead atoms. The van der Waals surface area contributed by atoms with Crippen LogP contribution in [0.2, 0.25) is 0 Å². The fourth-order valence-corrected chi connectivity index (χ4v) is 2.55. The minimum absolute atomic E-state index is 0.0852. The molecule has 27 heavy (non-hydrogen) atoms. The Hall–Kier alpha value is -2.91. The van der Waals surface area contributed by atoms with Crippen LogP contribution in [-0.2, 0) is 6.18 Å². The van der Waals surface area contributed by atoms with E-state index in [-0.39, 0.29) is 12.5 Å². The monoisotopic (exact) mass is 382 g/mol. The van der Waals surface area contributed by atoms with E-state index in [1.807, 2.05) is 26.0 Å². The second-order valence-corrected chi connectivity index (χ2v) is 6.24. The second kappa shape index (κ2) is 7.01. The molecule has 0 saturated heterocycles. The van der Waals surface area contributed by atoms with Gasteiger partial charge in [-0.15, -0.1) is 0 Å². The maximum Gasteiger partial charge on any atom is 0.455 e. The van der Waals surface area contributed by atoms with Gasteiger partial charge >= 0.3 is 6.18 Å². The summed E-state index contributed by atoms with van der Waals surface area (Å²) in [5.74, 6) is -0.363. The van der Waals surface area contributed by atoms with Gasteiger partial charge in [-0.25, -0.2) is 0 Å². The molecule has 1 atom stereocenters. The number of hydrogen-bond donors (Lipinski definition) is 0. The van der Waals surface area contributed by atoms with Crippen LogP contribution in [0.3, 0.4) is 0 Å². The average molecular weight is 382 g/mol. The summed E-state index contributed by atoms with van der Waals surface area (Å²) < 4.78 is 53.2. The van der Waals surface area contributed by atoms with Crippen molar-refractivity contribution in [3.63, 3.8) is 0 Å². The lowest BCUT2D eigenvalue weighted by molar-refractivity contribution is -0.146. The first-order valence-electron chi connectivity index (χ1n) is 8.10. The lowest BCUT2D eigenvalue weighted by Gasteiger charge is -2.15. The molecule has 1 unspecified atom stereocenters. The zero-order chi connectivity index (χ0) is 19.8. The molecular weight excluding hydrogens is 365 g/mol. The summed E-state index contributed by atoms with van der Waals surface area (Å²) in [6.45, 7) is 7.16. The lowest BCUT2D eigenvalue weighted by Crippen LogP contribution is -2.11. The third-order valence-electron chi connectivity index (χ3n) is 3.84. The first-order valence-corrected chi connectivity index (χ1v) is 8.10. The van der Waals surface area contributed by atoms with Crippen LogP contribution in [0.15, 0.2) is 21.2 Å². The number of nitrogens with zero attached hydrogens (tertiary/aromatic N) is 4. The molecule has 144 valence electrons. The summed E-state index contributed by atoms with van der Waals surface area (Å²) in [6.07, 6.45) is -4.64. The Bertz CT molecular complexity index is 926. The van der Waals surface area contributed by atoms with E-state index in [4.69, 9.17) is 13.8 Å². The zero-order valence-electron chi connectivity index (χ0n) is 15.1. The number of aryl methyl sites for hydroxylation is 3. The number of alkyl halides is 3. The van der Waals surface area contributed by atoms with Crippen molar-refractivity contribution >= 4 is 0 Å². The Morgan fingerprint density at radius 1 is 1.04 bits per heavy atom. The number of rotatable bonds is 5. The molecule has 7 nitrogen and oxygen atoms in total. The first kappa shape index (κ1) is 18.9. The zero-order valence-corrected chi connectivity index (χ0v) is 15.1. The molecule has 0 aliphatic rings. The first-order chi connectivity index (χ1) is 12.6. The predicted octanol–water partition coefficient (Wildman–Crippen LogP) is 4.25. The summed E-state index contributed by atoms with van der Waals surface area (Å²) in [4.78, 5) is 7.58. The van der Waals surface area contributed by atoms with Crippen molar-refractivity contribution in [3.8, 4) is 17.1 Å². The maximum absolute atomic E-state index is 12.6. The van der Waals surface area contributed by atoms with Gasteiger partial charge in [-0.1, -0.05) is 17.2 Å². The van der Waals surface area contributed by atoms with Gasteiger partial charge in [0.15, 0.2) is 0 Å². The molecule has 0 radical (unpaired) electrons. The number of benzene rings is 1. The van der Waals surface area contributed by atoms with Crippen LogP contribution < -0.4 is 4.74 Å². The molecule has 0 N–H and O–H groups in total. The van der Waals surface area contributed by atoms with Gasteiger partial charge in [0.1, 0.15) is 5.75 Å². The van der Waals surface area contributed by atoms with Crippen LogP contribution in [0.25, 0.3) is 11.4 Å². The van der Waals surface area contributed by atoms with E-state index in [9.17, 15) is 13.2 Å². The summed E-state index contributed by atoms with van der Waals surface area (Å²) in [6, 6.07) is 3.71. The SMILES string of the molecule is Cc1nc(-c2cc(C)c(OCC(C)c3nc(C(F)(F)F)no3)c(C)c2)no1. The van der Waals surface area contributed by atoms with E-state index < -0.39 is 17.9 Å². The minimum Gasteiger partial charge on any atom is -0.492 e. The van der Waals surface area contributed by atoms with Crippen LogP contribution in [0.1, 0.15) is 41.6 Å². The van der Waals surface area contributed by atoms with Gasteiger partial charge in [0.25, 0.3) is 5.82 Å². The fraction of sp³-hybridized carbons (Fsp3) is 0.412. The molecule has 3 rings (SSSR count). The molecule has 2 aromatic heterocycles. The molecule has 2 heterocycles. The number of hydrogen-bond acceptors (Lipinski definition) is 7. The van der Waals surface area contributed by atoms with E-state index in [1.165, 1.54) is 0 Å². The Morgan fingerprint density at radius 3 is 2.22 bits per heavy atom. The van der Waals surface area contributed by atoms with Crippen molar-refractivity contribution in [2.24, 2.45) is 0 Å². The van der Waals surface area contributed by atoms with Crippen molar-refractivity contribution in [1.82, 2.24) is 20.3 Å². The van der Waals surface area contributed by atoms with E-state index in [1.54, 1.807) is 13.8 Å². The average Bonchev–Trinajstić information content (AvgIpc) is 3.22. The smallest absolute Gasteiger partial charge is 0.455 e. The summed E-state index contributed by atoms with van der Waals surface area (Å²) >= 11 is 0. The summed E-state index contributed by atoms with van der Waals surface area (Å²) in [5, 5.41) is 6.84. The molecule has 10 heteroatoms. The molecule has 3 aromatic rings. The topological polar surface area (TPSA) is 87.1 Å². The molecule has 0 aliphatic heterocycles. The molecule has 0 spiro atoms. The Morgan fingerprint density at radius 2 is 1.70 bits per heavy atom. The molecular formula is C17H17F3N4O3. The van der Waals surface area contributed by atoms with Gasteiger partial charge in [-0.2, -0.15) is 23.1 Å². The van der Waals surface area contributed by atoms with Gasteiger partial charge < -0.3 is 13.8 Å². The summed E-state index contributed by atoms with van der Waals surface area (Å²) in [5.41, 5.74) is 2.45. The summed E-state index contributed by atoms with van der Waals surface area (Å²) in [7, 11) is 0. The van der Waals surface area contributed by atoms with Gasteiger partial charge in [0, 0.05) is 12.5 Å². The number of ether oxygens (including phenoxy) is 1. The fourth-order valence-electron chi connectivity index (χ4n) is 2.55. The van der Waals surface area contributed by atoms with Crippen LogP contribution in [-0.4, -0.2) is 26.9 Å². The van der Waals surface area contributed by atoms with Gasteiger partial charge in [-0.05, 0) is 37.1 Å². The Kier molecular flexibility index (Phi) is 4.90. The second-order valence-electron chi connectivity index (χ2n) is 6.24. The van der Waals surface area contributed by atoms with E-state index >= 15 is 0 Å². The van der Waals surface area contributed by atoms with Crippen molar-refractivity contribution in [2.45, 2.75) is 39.8 Å². The number of aromatic nitrogens is 4. The highest BCUT2D eigenvalue weighted by molar-refractivity contribution is 5.60. The molecule has 0 amide bonds. The highest BCUT2D eigenvalue weighted by Gasteiger charge is 2.37. The predicted molar refractivity (Wildman–Crippen MR) is 87.2 cm³/mol. The van der Waals surface area contributed by atoms with E-state index in [0.29, 0.717) is 17.5 Å². The lowest BCUT2D eigenvalue weighted by atomic mass is 10.1. The van der Waals surface area contributed by atoms with Crippen LogP contribution in [0.4, 0.5) is 13.2 Å². The Labute approximate surface area is 152 Å². The largest absolute Gasteiger partial charge is 0.492 e. The normalized spacial score (nSPS) is 13.0. The molecule has 1 aromatic carbocycles. The van der Waals surface area contributed by atoms with E-state index in [0.717, 1.165) is 16.7 Å². The highest BCUT2D eigenvalue weighted by atomic mass is 19.4. The third kappa shape index (κ3) is 4.09. The van der Waals surface area contributed by atoms with Crippen molar-refractivity contribution in [2.75, 3.05) is 6.61 Å². The molecule has 0 fully saturated rings. The van der Waals surface area contributed by atoms with Gasteiger partial charge in [0.2, 0.25) is 17.6 Å². The number of halogens is 3. The van der Waals surface area contributed by atoms with Crippen molar-refractivity contribution in [3.05, 3.63) is 40.9 Å². The molecule has 0 saturated carbocycles. The minimum atomic E-state index is -4.64. The van der Waals surface area contributed by atoms with Crippen LogP contribution in [0, 0.1) is 20.8 Å². The van der Waals surface area contributed by atoms with Gasteiger partial charge in [0.05, 0.1) is 12.5 Å². The highest BCUT2D eigenvalue weighted by Crippen LogP contribution is 2.31. The van der Waals surface area contributed by atoms with E-state index in [2.05, 4.69) is 20.3 Å². The maximum atomic E-state index is 12.6. The quantitative estimate of drug-likeness (QED) is 0.652. The Balaban J connectivity index is 1.73. The van der Waals surface area contributed by atoms with Crippen molar-refractivity contribution in [1.29, 1.82) is 0 Å². The van der Waals surface area contributed by atoms with Crippen LogP contribution >= 0.6 is 0 Å². The van der Waals surface area contributed by atoms with Crippen molar-refractivity contribution < 1.29 is 27.0 Å². The molecule has 0 aliphatic carbocycles. The third-order valence-corrected chi connectivity index (χ3v) is 3.84. The standard InChI is InChI=1S/C17H17F3N4O3/c1-8-5-12(14-21-11(4)26-23-14)6-9(2)13(8)25-7-10(3)15-22-16(24-27-15)17(18,19)20/h5-6,10H,7H2,1-4H3.